The normalized spacial score (nSPS) is 11.5. The number of esters is 1. The average molecular weight is 460 g/mol. The van der Waals surface area contributed by atoms with Gasteiger partial charge in [-0.2, -0.15) is 0 Å². The van der Waals surface area contributed by atoms with Crippen molar-refractivity contribution in [2.24, 2.45) is 0 Å². The van der Waals surface area contributed by atoms with Gasteiger partial charge >= 0.3 is 11.6 Å². The number of carbonyl (C=O) groups excluding carboxylic acids is 1. The Labute approximate surface area is 186 Å². The number of carbonyl (C=O) groups is 1. The molecule has 0 unspecified atom stereocenters. The number of aryl methyl sites for hydroxylation is 2. The molecule has 32 heavy (non-hydrogen) atoms. The maximum atomic E-state index is 12.4. The standard InChI is InChI=1S/C23H25NO7S/c1-4-29-18-6-8-19(9-7-18)32(27,28)24-12-11-21(25)30-14-17-13-22(26)31-23-16(3)15(2)5-10-20(17)23/h5-10,13,24H,4,11-12,14H2,1-3H3. The summed E-state index contributed by atoms with van der Waals surface area (Å²) in [6.45, 7) is 5.85. The molecule has 2 aromatic carbocycles. The fourth-order valence-electron chi connectivity index (χ4n) is 3.13. The summed E-state index contributed by atoms with van der Waals surface area (Å²) in [6.07, 6.45) is -0.159. The number of hydrogen-bond donors (Lipinski definition) is 1. The molecule has 3 rings (SSSR count). The number of benzene rings is 2. The summed E-state index contributed by atoms with van der Waals surface area (Å²) in [5.41, 5.74) is 2.29. The fourth-order valence-corrected chi connectivity index (χ4v) is 4.16. The van der Waals surface area contributed by atoms with Gasteiger partial charge in [0.1, 0.15) is 17.9 Å². The summed E-state index contributed by atoms with van der Waals surface area (Å²) < 4.78 is 42.9. The Morgan fingerprint density at radius 1 is 1.09 bits per heavy atom. The smallest absolute Gasteiger partial charge is 0.336 e. The van der Waals surface area contributed by atoms with E-state index in [4.69, 9.17) is 13.9 Å². The number of fused-ring (bicyclic) bond motifs is 1. The van der Waals surface area contributed by atoms with Crippen LogP contribution in [0.4, 0.5) is 0 Å². The van der Waals surface area contributed by atoms with Gasteiger partial charge in [0.25, 0.3) is 0 Å². The molecule has 1 aromatic heterocycles. The van der Waals surface area contributed by atoms with Crippen molar-refractivity contribution in [3.63, 3.8) is 0 Å². The van der Waals surface area contributed by atoms with Crippen LogP contribution in [-0.2, 0) is 26.2 Å². The van der Waals surface area contributed by atoms with Gasteiger partial charge in [-0.15, -0.1) is 0 Å². The largest absolute Gasteiger partial charge is 0.494 e. The Bertz CT molecular complexity index is 1280. The van der Waals surface area contributed by atoms with Gasteiger partial charge in [-0.3, -0.25) is 4.79 Å². The molecule has 8 nitrogen and oxygen atoms in total. The van der Waals surface area contributed by atoms with Crippen molar-refractivity contribution in [2.45, 2.75) is 38.7 Å². The van der Waals surface area contributed by atoms with E-state index in [1.54, 1.807) is 12.1 Å². The van der Waals surface area contributed by atoms with Crippen LogP contribution < -0.4 is 15.1 Å². The van der Waals surface area contributed by atoms with Crippen molar-refractivity contribution >= 4 is 27.0 Å². The first-order valence-corrected chi connectivity index (χ1v) is 11.6. The van der Waals surface area contributed by atoms with Crippen LogP contribution in [0.5, 0.6) is 5.75 Å². The quantitative estimate of drug-likeness (QED) is 0.386. The molecule has 0 atom stereocenters. The molecule has 0 fully saturated rings. The first-order chi connectivity index (χ1) is 15.2. The number of ether oxygens (including phenoxy) is 2. The van der Waals surface area contributed by atoms with E-state index in [-0.39, 0.29) is 24.5 Å². The lowest BCUT2D eigenvalue weighted by Crippen LogP contribution is -2.26. The molecule has 1 N–H and O–H groups in total. The highest BCUT2D eigenvalue weighted by atomic mass is 32.2. The summed E-state index contributed by atoms with van der Waals surface area (Å²) >= 11 is 0. The zero-order chi connectivity index (χ0) is 23.3. The van der Waals surface area contributed by atoms with Crippen molar-refractivity contribution in [3.05, 3.63) is 69.6 Å². The molecule has 0 saturated heterocycles. The monoisotopic (exact) mass is 459 g/mol. The first-order valence-electron chi connectivity index (χ1n) is 10.1. The number of sulfonamides is 1. The van der Waals surface area contributed by atoms with Crippen molar-refractivity contribution in [1.29, 1.82) is 0 Å². The molecule has 0 aliphatic heterocycles. The summed E-state index contributed by atoms with van der Waals surface area (Å²) in [4.78, 5) is 24.1. The first kappa shape index (κ1) is 23.5. The van der Waals surface area contributed by atoms with Gasteiger partial charge < -0.3 is 13.9 Å². The van der Waals surface area contributed by atoms with Gasteiger partial charge in [-0.25, -0.2) is 17.9 Å². The Kier molecular flexibility index (Phi) is 7.32. The molecule has 0 radical (unpaired) electrons. The SMILES string of the molecule is CCOc1ccc(S(=O)(=O)NCCC(=O)OCc2cc(=O)oc3c(C)c(C)ccc23)cc1. The van der Waals surface area contributed by atoms with Gasteiger partial charge in [0.15, 0.2) is 0 Å². The maximum Gasteiger partial charge on any atom is 0.336 e. The molecular weight excluding hydrogens is 434 g/mol. The number of hydrogen-bond acceptors (Lipinski definition) is 7. The Morgan fingerprint density at radius 2 is 1.81 bits per heavy atom. The van der Waals surface area contributed by atoms with Crippen LogP contribution in [0.3, 0.4) is 0 Å². The van der Waals surface area contributed by atoms with E-state index in [1.807, 2.05) is 32.9 Å². The molecule has 9 heteroatoms. The molecule has 0 spiro atoms. The lowest BCUT2D eigenvalue weighted by Gasteiger charge is -2.10. The second-order valence-electron chi connectivity index (χ2n) is 7.19. The molecule has 0 aliphatic carbocycles. The highest BCUT2D eigenvalue weighted by Crippen LogP contribution is 2.23. The highest BCUT2D eigenvalue weighted by molar-refractivity contribution is 7.89. The van der Waals surface area contributed by atoms with Crippen LogP contribution in [0.1, 0.15) is 30.0 Å². The van der Waals surface area contributed by atoms with E-state index in [1.165, 1.54) is 18.2 Å². The van der Waals surface area contributed by atoms with Crippen molar-refractivity contribution in [1.82, 2.24) is 4.72 Å². The van der Waals surface area contributed by atoms with E-state index >= 15 is 0 Å². The Balaban J connectivity index is 1.58. The third-order valence-electron chi connectivity index (χ3n) is 4.97. The van der Waals surface area contributed by atoms with Crippen LogP contribution in [0, 0.1) is 13.8 Å². The van der Waals surface area contributed by atoms with Gasteiger partial charge in [0.2, 0.25) is 10.0 Å². The molecule has 1 heterocycles. The van der Waals surface area contributed by atoms with Crippen LogP contribution in [0.25, 0.3) is 11.0 Å². The third-order valence-corrected chi connectivity index (χ3v) is 6.45. The molecule has 0 aliphatic rings. The molecular formula is C23H25NO7S. The van der Waals surface area contributed by atoms with Crippen LogP contribution in [0.2, 0.25) is 0 Å². The second-order valence-corrected chi connectivity index (χ2v) is 8.95. The van der Waals surface area contributed by atoms with Crippen molar-refractivity contribution in [3.8, 4) is 5.75 Å². The topological polar surface area (TPSA) is 112 Å². The number of rotatable bonds is 9. The number of nitrogens with one attached hydrogen (secondary N) is 1. The lowest BCUT2D eigenvalue weighted by atomic mass is 10.0. The minimum Gasteiger partial charge on any atom is -0.494 e. The molecule has 3 aromatic rings. The van der Waals surface area contributed by atoms with Crippen molar-refractivity contribution in [2.75, 3.05) is 13.2 Å². The lowest BCUT2D eigenvalue weighted by molar-refractivity contribution is -0.144. The Hall–Kier alpha value is -3.17. The van der Waals surface area contributed by atoms with E-state index in [9.17, 15) is 18.0 Å². The van der Waals surface area contributed by atoms with Gasteiger partial charge in [0.05, 0.1) is 17.9 Å². The fraction of sp³-hybridized carbons (Fsp3) is 0.304. The van der Waals surface area contributed by atoms with Crippen LogP contribution in [0.15, 0.2) is 56.6 Å². The Morgan fingerprint density at radius 3 is 2.50 bits per heavy atom. The third kappa shape index (κ3) is 5.54. The van der Waals surface area contributed by atoms with Gasteiger partial charge in [-0.1, -0.05) is 12.1 Å². The van der Waals surface area contributed by atoms with Crippen molar-refractivity contribution < 1.29 is 27.1 Å². The van der Waals surface area contributed by atoms with E-state index in [0.29, 0.717) is 28.9 Å². The summed E-state index contributed by atoms with van der Waals surface area (Å²) in [7, 11) is -3.77. The van der Waals surface area contributed by atoms with Crippen LogP contribution in [-0.4, -0.2) is 27.5 Å². The zero-order valence-corrected chi connectivity index (χ0v) is 19.0. The molecule has 170 valence electrons. The summed E-state index contributed by atoms with van der Waals surface area (Å²) in [5.74, 6) is -0.0209. The minimum atomic E-state index is -3.77. The highest BCUT2D eigenvalue weighted by Gasteiger charge is 2.16. The predicted octanol–water partition coefficient (Wildman–Crippen LogP) is 3.22. The maximum absolute atomic E-state index is 12.4. The molecule has 0 saturated carbocycles. The van der Waals surface area contributed by atoms with Gasteiger partial charge in [0, 0.05) is 23.6 Å². The zero-order valence-electron chi connectivity index (χ0n) is 18.1. The van der Waals surface area contributed by atoms with Crippen LogP contribution >= 0.6 is 0 Å². The summed E-state index contributed by atoms with van der Waals surface area (Å²) in [5, 5.41) is 0.691. The van der Waals surface area contributed by atoms with E-state index in [0.717, 1.165) is 11.1 Å². The second kappa shape index (κ2) is 9.97. The molecule has 0 amide bonds. The molecule has 0 bridgehead atoms. The summed E-state index contributed by atoms with van der Waals surface area (Å²) in [6, 6.07) is 11.0. The van der Waals surface area contributed by atoms with Gasteiger partial charge in [-0.05, 0) is 56.2 Å². The minimum absolute atomic E-state index is 0.0717. The van der Waals surface area contributed by atoms with E-state index in [2.05, 4.69) is 4.72 Å². The average Bonchev–Trinajstić information content (AvgIpc) is 2.75. The predicted molar refractivity (Wildman–Crippen MR) is 119 cm³/mol. The van der Waals surface area contributed by atoms with E-state index < -0.39 is 21.6 Å².